The third kappa shape index (κ3) is 5.64. The molecule has 0 atom stereocenters. The quantitative estimate of drug-likeness (QED) is 0.264. The van der Waals surface area contributed by atoms with Gasteiger partial charge in [0.15, 0.2) is 0 Å². The third-order valence-electron chi connectivity index (χ3n) is 7.55. The minimum Gasteiger partial charge on any atom is -0.410 e. The first-order chi connectivity index (χ1) is 19.6. The van der Waals surface area contributed by atoms with Gasteiger partial charge in [-0.3, -0.25) is 4.57 Å². The van der Waals surface area contributed by atoms with Crippen molar-refractivity contribution in [1.29, 1.82) is 0 Å². The molecule has 1 fully saturated rings. The van der Waals surface area contributed by atoms with Crippen molar-refractivity contribution in [1.82, 2.24) is 14.5 Å². The third-order valence-corrected chi connectivity index (χ3v) is 7.55. The van der Waals surface area contributed by atoms with Crippen LogP contribution >= 0.6 is 0 Å². The monoisotopic (exact) mass is 532 g/mol. The van der Waals surface area contributed by atoms with Gasteiger partial charge in [-0.2, -0.15) is 0 Å². The number of ether oxygens (including phenoxy) is 1. The van der Waals surface area contributed by atoms with Crippen LogP contribution in [-0.4, -0.2) is 33.6 Å². The molecule has 0 radical (unpaired) electrons. The van der Waals surface area contributed by atoms with Crippen molar-refractivity contribution in [2.75, 3.05) is 18.0 Å². The summed E-state index contributed by atoms with van der Waals surface area (Å²) in [4.78, 5) is 32.5. The Balaban J connectivity index is 1.10. The summed E-state index contributed by atoms with van der Waals surface area (Å²) in [7, 11) is 0. The van der Waals surface area contributed by atoms with Crippen molar-refractivity contribution in [3.63, 3.8) is 0 Å². The minimum atomic E-state index is -0.358. The lowest BCUT2D eigenvalue weighted by molar-refractivity contribution is 0.132. The molecule has 1 aliphatic heterocycles. The Morgan fingerprint density at radius 2 is 1.35 bits per heavy atom. The summed E-state index contributed by atoms with van der Waals surface area (Å²) in [5.74, 6) is 0.517. The highest BCUT2D eigenvalue weighted by molar-refractivity contribution is 5.75. The van der Waals surface area contributed by atoms with Gasteiger partial charge < -0.3 is 19.5 Å². The van der Waals surface area contributed by atoms with Gasteiger partial charge in [-0.05, 0) is 60.4 Å². The molecule has 0 saturated carbocycles. The topological polar surface area (TPSA) is 70.6 Å². The maximum absolute atomic E-state index is 13.0. The van der Waals surface area contributed by atoms with Crippen LogP contribution in [0.2, 0.25) is 0 Å². The lowest BCUT2D eigenvalue weighted by Crippen LogP contribution is -2.41. The van der Waals surface area contributed by atoms with Gasteiger partial charge in [0.05, 0.1) is 11.0 Å². The van der Waals surface area contributed by atoms with Gasteiger partial charge in [-0.1, -0.05) is 72.8 Å². The molecule has 0 aliphatic carbocycles. The number of hydrogen-bond donors (Lipinski definition) is 1. The van der Waals surface area contributed by atoms with E-state index in [4.69, 9.17) is 4.74 Å². The molecule has 7 heteroatoms. The van der Waals surface area contributed by atoms with Crippen LogP contribution in [0.25, 0.3) is 11.0 Å². The zero-order valence-corrected chi connectivity index (χ0v) is 22.3. The van der Waals surface area contributed by atoms with Crippen LogP contribution in [0.3, 0.4) is 0 Å². The Morgan fingerprint density at radius 1 is 0.775 bits per heavy atom. The highest BCUT2D eigenvalue weighted by Gasteiger charge is 2.27. The summed E-state index contributed by atoms with van der Waals surface area (Å²) in [6, 6.07) is 36.3. The van der Waals surface area contributed by atoms with E-state index >= 15 is 0 Å². The van der Waals surface area contributed by atoms with Crippen LogP contribution in [0.15, 0.2) is 114 Å². The van der Waals surface area contributed by atoms with Crippen LogP contribution in [0, 0.1) is 0 Å². The first kappa shape index (κ1) is 25.5. The minimum absolute atomic E-state index is 0.0483. The van der Waals surface area contributed by atoms with Gasteiger partial charge in [-0.15, -0.1) is 0 Å². The number of nitrogens with one attached hydrogen (secondary N) is 1. The van der Waals surface area contributed by atoms with Gasteiger partial charge >= 0.3 is 11.8 Å². The number of piperidine rings is 1. The average Bonchev–Trinajstić information content (AvgIpc) is 3.34. The number of likely N-dealkylation sites (tertiary alicyclic amines) is 1. The molecular weight excluding hydrogens is 500 g/mol. The fourth-order valence-corrected chi connectivity index (χ4v) is 5.48. The van der Waals surface area contributed by atoms with Gasteiger partial charge in [0.25, 0.3) is 0 Å². The van der Waals surface area contributed by atoms with E-state index in [1.165, 1.54) is 11.1 Å². The molecule has 1 aromatic heterocycles. The Kier molecular flexibility index (Phi) is 7.35. The fraction of sp³-hybridized carbons (Fsp3) is 0.212. The van der Waals surface area contributed by atoms with Crippen molar-refractivity contribution in [3.05, 3.63) is 131 Å². The predicted molar refractivity (Wildman–Crippen MR) is 158 cm³/mol. The number of rotatable bonds is 7. The van der Waals surface area contributed by atoms with Crippen LogP contribution in [0.1, 0.15) is 30.0 Å². The number of anilines is 1. The summed E-state index contributed by atoms with van der Waals surface area (Å²) in [5, 5.41) is 0. The van der Waals surface area contributed by atoms with Crippen LogP contribution in [0.4, 0.5) is 10.5 Å². The molecule has 6 rings (SSSR count). The van der Waals surface area contributed by atoms with Gasteiger partial charge in [0.1, 0.15) is 5.75 Å². The van der Waals surface area contributed by atoms with E-state index < -0.39 is 0 Å². The van der Waals surface area contributed by atoms with Gasteiger partial charge in [0, 0.05) is 37.9 Å². The maximum atomic E-state index is 13.0. The number of nitrogens with zero attached hydrogens (tertiary/aromatic N) is 3. The number of amides is 1. The first-order valence-corrected chi connectivity index (χ1v) is 13.7. The number of H-pyrrole nitrogens is 1. The number of carbonyl (C=O) groups is 1. The number of carbonyl (C=O) groups excluding carboxylic acids is 1. The molecule has 0 bridgehead atoms. The molecule has 4 aromatic carbocycles. The second-order valence-corrected chi connectivity index (χ2v) is 10.2. The molecule has 1 saturated heterocycles. The van der Waals surface area contributed by atoms with E-state index in [2.05, 4.69) is 58.4 Å². The predicted octanol–water partition coefficient (Wildman–Crippen LogP) is 6.37. The number of fused-ring (bicyclic) bond motifs is 1. The smallest absolute Gasteiger partial charge is 0.410 e. The van der Waals surface area contributed by atoms with Crippen molar-refractivity contribution in [2.45, 2.75) is 32.0 Å². The number of aromatic amines is 1. The molecule has 40 heavy (non-hydrogen) atoms. The summed E-state index contributed by atoms with van der Waals surface area (Å²) in [6.07, 6.45) is 1.04. The van der Waals surface area contributed by atoms with Gasteiger partial charge in [-0.25, -0.2) is 9.59 Å². The molecule has 2 heterocycles. The SMILES string of the molecule is O=C(Oc1ccc(N(Cc2ccccc2)Cc2ccccc2)cc1)N1CCC(n2c(=O)[nH]c3ccccc32)CC1. The molecule has 1 amide bonds. The fourth-order valence-electron chi connectivity index (χ4n) is 5.48. The molecule has 5 aromatic rings. The number of para-hydroxylation sites is 2. The van der Waals surface area contributed by atoms with E-state index in [0.717, 1.165) is 29.8 Å². The standard InChI is InChI=1S/C33H32N4O3/c38-32-34-30-13-7-8-14-31(30)37(32)28-19-21-35(22-20-28)33(39)40-29-17-15-27(16-18-29)36(23-25-9-3-1-4-10-25)24-26-11-5-2-6-12-26/h1-18,28H,19-24H2,(H,34,38). The van der Waals surface area contributed by atoms with Crippen LogP contribution in [-0.2, 0) is 13.1 Å². The highest BCUT2D eigenvalue weighted by atomic mass is 16.6. The highest BCUT2D eigenvalue weighted by Crippen LogP contribution is 2.27. The van der Waals surface area contributed by atoms with Crippen molar-refractivity contribution < 1.29 is 9.53 Å². The van der Waals surface area contributed by atoms with E-state index in [1.807, 2.05) is 65.2 Å². The van der Waals surface area contributed by atoms with E-state index in [1.54, 1.807) is 4.90 Å². The largest absolute Gasteiger partial charge is 0.415 e. The van der Waals surface area contributed by atoms with E-state index in [0.29, 0.717) is 31.7 Å². The van der Waals surface area contributed by atoms with Crippen LogP contribution in [0.5, 0.6) is 5.75 Å². The van der Waals surface area contributed by atoms with Gasteiger partial charge in [0.2, 0.25) is 0 Å². The summed E-state index contributed by atoms with van der Waals surface area (Å²) >= 11 is 0. The molecule has 202 valence electrons. The van der Waals surface area contributed by atoms with Crippen molar-refractivity contribution >= 4 is 22.8 Å². The van der Waals surface area contributed by atoms with E-state index in [9.17, 15) is 9.59 Å². The number of hydrogen-bond acceptors (Lipinski definition) is 4. The lowest BCUT2D eigenvalue weighted by Gasteiger charge is -2.31. The molecule has 0 spiro atoms. The zero-order chi connectivity index (χ0) is 27.3. The van der Waals surface area contributed by atoms with Crippen LogP contribution < -0.4 is 15.3 Å². The normalized spacial score (nSPS) is 13.8. The lowest BCUT2D eigenvalue weighted by atomic mass is 10.0. The number of benzene rings is 4. The summed E-state index contributed by atoms with van der Waals surface area (Å²) in [5.41, 5.74) is 5.15. The average molecular weight is 533 g/mol. The Hall–Kier alpha value is -4.78. The first-order valence-electron chi connectivity index (χ1n) is 13.7. The Bertz CT molecular complexity index is 1580. The second kappa shape index (κ2) is 11.5. The number of aromatic nitrogens is 2. The molecule has 0 unspecified atom stereocenters. The summed E-state index contributed by atoms with van der Waals surface area (Å²) < 4.78 is 7.57. The Morgan fingerprint density at radius 3 is 1.98 bits per heavy atom. The zero-order valence-electron chi connectivity index (χ0n) is 22.3. The Labute approximate surface area is 233 Å². The second-order valence-electron chi connectivity index (χ2n) is 10.2. The molecular formula is C33H32N4O3. The van der Waals surface area contributed by atoms with Crippen molar-refractivity contribution in [3.8, 4) is 5.75 Å². The number of imidazole rings is 1. The molecule has 7 nitrogen and oxygen atoms in total. The van der Waals surface area contributed by atoms with Crippen molar-refractivity contribution in [2.24, 2.45) is 0 Å². The van der Waals surface area contributed by atoms with E-state index in [-0.39, 0.29) is 17.8 Å². The molecule has 1 aliphatic rings. The summed E-state index contributed by atoms with van der Waals surface area (Å²) in [6.45, 7) is 2.61. The molecule has 1 N–H and O–H groups in total. The maximum Gasteiger partial charge on any atom is 0.415 e.